The molecule has 0 aliphatic carbocycles. The van der Waals surface area contributed by atoms with Gasteiger partial charge in [-0.1, -0.05) is 41.9 Å². The minimum atomic E-state index is -3.84. The zero-order chi connectivity index (χ0) is 22.7. The van der Waals surface area contributed by atoms with Crippen LogP contribution < -0.4 is 0 Å². The number of aromatic nitrogens is 2. The molecule has 1 aromatic heterocycles. The standard InChI is InChI=1S/C22H23ClN4O4S/c1-25(15-17-11-12-27(24-17)18-7-3-2-4-8-18)22(28)20-16-26(13-14-31-20)32(29,30)21-10-6-5-9-19(21)23/h2-12,20H,13-16H2,1H3/t20-/m1/s1. The number of amides is 1. The van der Waals surface area contributed by atoms with Crippen LogP contribution in [-0.2, 0) is 26.1 Å². The number of sulfonamides is 1. The second-order valence-corrected chi connectivity index (χ2v) is 9.75. The number of rotatable bonds is 6. The molecule has 1 saturated heterocycles. The molecule has 1 fully saturated rings. The van der Waals surface area contributed by atoms with Crippen molar-refractivity contribution in [1.29, 1.82) is 0 Å². The summed E-state index contributed by atoms with van der Waals surface area (Å²) in [6, 6.07) is 17.8. The average Bonchev–Trinajstić information content (AvgIpc) is 3.28. The molecule has 32 heavy (non-hydrogen) atoms. The highest BCUT2D eigenvalue weighted by Crippen LogP contribution is 2.26. The maximum absolute atomic E-state index is 13.0. The number of morpholine rings is 1. The van der Waals surface area contributed by atoms with Gasteiger partial charge in [-0.3, -0.25) is 4.79 Å². The van der Waals surface area contributed by atoms with Crippen molar-refractivity contribution in [3.63, 3.8) is 0 Å². The van der Waals surface area contributed by atoms with Gasteiger partial charge in [0.15, 0.2) is 0 Å². The number of benzene rings is 2. The van der Waals surface area contributed by atoms with Crippen LogP contribution in [0.3, 0.4) is 0 Å². The SMILES string of the molecule is CN(Cc1ccn(-c2ccccc2)n1)C(=O)[C@H]1CN(S(=O)(=O)c2ccccc2Cl)CCO1. The fourth-order valence-electron chi connectivity index (χ4n) is 3.52. The van der Waals surface area contributed by atoms with Crippen LogP contribution in [0.2, 0.25) is 5.02 Å². The van der Waals surface area contributed by atoms with E-state index >= 15 is 0 Å². The maximum atomic E-state index is 13.0. The Bertz CT molecular complexity index is 1200. The lowest BCUT2D eigenvalue weighted by Gasteiger charge is -2.33. The van der Waals surface area contributed by atoms with Crippen molar-refractivity contribution >= 4 is 27.5 Å². The van der Waals surface area contributed by atoms with Crippen LogP contribution in [-0.4, -0.2) is 66.2 Å². The van der Waals surface area contributed by atoms with Crippen LogP contribution in [0.1, 0.15) is 5.69 Å². The van der Waals surface area contributed by atoms with E-state index in [2.05, 4.69) is 5.10 Å². The summed E-state index contributed by atoms with van der Waals surface area (Å²) in [7, 11) is -2.19. The molecule has 0 saturated carbocycles. The zero-order valence-electron chi connectivity index (χ0n) is 17.5. The van der Waals surface area contributed by atoms with Gasteiger partial charge in [0.25, 0.3) is 5.91 Å². The largest absolute Gasteiger partial charge is 0.366 e. The second-order valence-electron chi connectivity index (χ2n) is 7.43. The number of carbonyl (C=O) groups excluding carboxylic acids is 1. The summed E-state index contributed by atoms with van der Waals surface area (Å²) in [5, 5.41) is 4.66. The molecule has 3 aromatic rings. The van der Waals surface area contributed by atoms with Crippen molar-refractivity contribution in [2.24, 2.45) is 0 Å². The van der Waals surface area contributed by atoms with Gasteiger partial charge in [0, 0.05) is 26.3 Å². The zero-order valence-corrected chi connectivity index (χ0v) is 19.0. The number of carbonyl (C=O) groups is 1. The molecule has 0 N–H and O–H groups in total. The maximum Gasteiger partial charge on any atom is 0.253 e. The van der Waals surface area contributed by atoms with Crippen LogP contribution in [0.4, 0.5) is 0 Å². The molecule has 168 valence electrons. The third-order valence-corrected chi connectivity index (χ3v) is 7.56. The summed E-state index contributed by atoms with van der Waals surface area (Å²) < 4.78 is 34.6. The number of para-hydroxylation sites is 1. The molecule has 2 heterocycles. The van der Waals surface area contributed by atoms with Crippen LogP contribution >= 0.6 is 11.6 Å². The van der Waals surface area contributed by atoms with Crippen molar-refractivity contribution in [2.75, 3.05) is 26.7 Å². The van der Waals surface area contributed by atoms with Crippen LogP contribution in [0.15, 0.2) is 71.8 Å². The predicted molar refractivity (Wildman–Crippen MR) is 120 cm³/mol. The van der Waals surface area contributed by atoms with E-state index in [-0.39, 0.29) is 42.1 Å². The minimum Gasteiger partial charge on any atom is -0.366 e. The molecule has 2 aromatic carbocycles. The van der Waals surface area contributed by atoms with Gasteiger partial charge in [0.1, 0.15) is 11.0 Å². The Hall–Kier alpha value is -2.72. The summed E-state index contributed by atoms with van der Waals surface area (Å²) in [6.45, 7) is 0.476. The summed E-state index contributed by atoms with van der Waals surface area (Å²) in [6.07, 6.45) is 0.931. The second kappa shape index (κ2) is 9.41. The van der Waals surface area contributed by atoms with E-state index in [1.54, 1.807) is 23.9 Å². The average molecular weight is 475 g/mol. The summed E-state index contributed by atoms with van der Waals surface area (Å²) >= 11 is 6.09. The number of halogens is 1. The molecule has 8 nitrogen and oxygen atoms in total. The Balaban J connectivity index is 1.43. The third kappa shape index (κ3) is 4.71. The first-order valence-electron chi connectivity index (χ1n) is 10.1. The first-order valence-corrected chi connectivity index (χ1v) is 11.9. The molecule has 0 radical (unpaired) electrons. The van der Waals surface area contributed by atoms with E-state index < -0.39 is 16.1 Å². The number of ether oxygens (including phenoxy) is 1. The van der Waals surface area contributed by atoms with Crippen molar-refractivity contribution in [1.82, 2.24) is 19.0 Å². The molecule has 1 atom stereocenters. The predicted octanol–water partition coefficient (Wildman–Crippen LogP) is 2.57. The number of hydrogen-bond donors (Lipinski definition) is 0. The lowest BCUT2D eigenvalue weighted by Crippen LogP contribution is -2.51. The fourth-order valence-corrected chi connectivity index (χ4v) is 5.44. The van der Waals surface area contributed by atoms with Crippen LogP contribution in [0.25, 0.3) is 5.69 Å². The molecule has 1 aliphatic heterocycles. The van der Waals surface area contributed by atoms with Gasteiger partial charge in [-0.15, -0.1) is 0 Å². The highest BCUT2D eigenvalue weighted by molar-refractivity contribution is 7.89. The molecular weight excluding hydrogens is 452 g/mol. The molecule has 4 rings (SSSR count). The van der Waals surface area contributed by atoms with Gasteiger partial charge in [-0.2, -0.15) is 9.40 Å². The lowest BCUT2D eigenvalue weighted by molar-refractivity contribution is -0.146. The van der Waals surface area contributed by atoms with Gasteiger partial charge in [0.2, 0.25) is 10.0 Å². The Labute approximate surface area is 192 Å². The summed E-state index contributed by atoms with van der Waals surface area (Å²) in [5.41, 5.74) is 1.63. The van der Waals surface area contributed by atoms with Gasteiger partial charge in [0.05, 0.1) is 29.6 Å². The fraction of sp³-hybridized carbons (Fsp3) is 0.273. The Morgan fingerprint density at radius 1 is 1.16 bits per heavy atom. The van der Waals surface area contributed by atoms with Crippen LogP contribution in [0.5, 0.6) is 0 Å². The summed E-state index contributed by atoms with van der Waals surface area (Å²) in [5.74, 6) is -0.307. The lowest BCUT2D eigenvalue weighted by atomic mass is 10.2. The quantitative estimate of drug-likeness (QED) is 0.548. The van der Waals surface area contributed by atoms with E-state index in [1.165, 1.54) is 21.3 Å². The molecule has 10 heteroatoms. The molecule has 0 spiro atoms. The Morgan fingerprint density at radius 3 is 2.62 bits per heavy atom. The third-order valence-electron chi connectivity index (χ3n) is 5.20. The Morgan fingerprint density at radius 2 is 1.88 bits per heavy atom. The first-order chi connectivity index (χ1) is 15.4. The highest BCUT2D eigenvalue weighted by Gasteiger charge is 2.36. The van der Waals surface area contributed by atoms with E-state index in [0.717, 1.165) is 5.69 Å². The van der Waals surface area contributed by atoms with E-state index in [1.807, 2.05) is 42.6 Å². The van der Waals surface area contributed by atoms with Crippen molar-refractivity contribution in [2.45, 2.75) is 17.5 Å². The molecule has 0 bridgehead atoms. The van der Waals surface area contributed by atoms with E-state index in [4.69, 9.17) is 16.3 Å². The monoisotopic (exact) mass is 474 g/mol. The van der Waals surface area contributed by atoms with Crippen molar-refractivity contribution < 1.29 is 17.9 Å². The van der Waals surface area contributed by atoms with Crippen LogP contribution in [0, 0.1) is 0 Å². The van der Waals surface area contributed by atoms with Gasteiger partial charge >= 0.3 is 0 Å². The molecular formula is C22H23ClN4O4S. The Kier molecular flexibility index (Phi) is 6.61. The molecule has 0 unspecified atom stereocenters. The van der Waals surface area contributed by atoms with E-state index in [0.29, 0.717) is 5.69 Å². The molecule has 1 amide bonds. The smallest absolute Gasteiger partial charge is 0.253 e. The number of nitrogens with zero attached hydrogens (tertiary/aromatic N) is 4. The van der Waals surface area contributed by atoms with Gasteiger partial charge < -0.3 is 9.64 Å². The number of hydrogen-bond acceptors (Lipinski definition) is 5. The minimum absolute atomic E-state index is 0.0228. The van der Waals surface area contributed by atoms with E-state index in [9.17, 15) is 13.2 Å². The first kappa shape index (κ1) is 22.5. The number of likely N-dealkylation sites (N-methyl/N-ethyl adjacent to an activating group) is 1. The van der Waals surface area contributed by atoms with Gasteiger partial charge in [-0.25, -0.2) is 13.1 Å². The van der Waals surface area contributed by atoms with Gasteiger partial charge in [-0.05, 0) is 30.3 Å². The normalized spacial score (nSPS) is 17.2. The summed E-state index contributed by atoms with van der Waals surface area (Å²) in [4.78, 5) is 14.5. The topological polar surface area (TPSA) is 84.7 Å². The molecule has 1 aliphatic rings. The highest BCUT2D eigenvalue weighted by atomic mass is 35.5. The van der Waals surface area contributed by atoms with Crippen molar-refractivity contribution in [3.05, 3.63) is 77.6 Å². The van der Waals surface area contributed by atoms with Crippen molar-refractivity contribution in [3.8, 4) is 5.69 Å².